The maximum absolute atomic E-state index is 11.9. The topological polar surface area (TPSA) is 47.6 Å². The van der Waals surface area contributed by atoms with E-state index in [4.69, 9.17) is 32.7 Å². The summed E-state index contributed by atoms with van der Waals surface area (Å²) in [4.78, 5) is 11.9. The average Bonchev–Trinajstić information content (AvgIpc) is 2.95. The molecule has 1 aromatic carbocycles. The number of benzene rings is 1. The van der Waals surface area contributed by atoms with Crippen molar-refractivity contribution in [3.8, 4) is 11.5 Å². The third-order valence-electron chi connectivity index (χ3n) is 3.47. The first kappa shape index (κ1) is 15.3. The van der Waals surface area contributed by atoms with Crippen LogP contribution < -0.4 is 14.8 Å². The maximum atomic E-state index is 11.9. The second-order valence-electron chi connectivity index (χ2n) is 4.97. The largest absolute Gasteiger partial charge is 0.493 e. The van der Waals surface area contributed by atoms with Crippen LogP contribution in [0.3, 0.4) is 0 Å². The summed E-state index contributed by atoms with van der Waals surface area (Å²) in [6.07, 6.45) is 0.475. The fraction of sp³-hybridized carbons (Fsp3) is 0.500. The van der Waals surface area contributed by atoms with Gasteiger partial charge in [0.25, 0.3) is 0 Å². The molecule has 1 unspecified atom stereocenters. The molecule has 0 bridgehead atoms. The first-order chi connectivity index (χ1) is 9.40. The monoisotopic (exact) mass is 317 g/mol. The van der Waals surface area contributed by atoms with Gasteiger partial charge in [0.2, 0.25) is 5.91 Å². The quantitative estimate of drug-likeness (QED) is 0.648. The number of carbonyl (C=O) groups is 1. The number of nitrogens with one attached hydrogen (secondary N) is 1. The number of alkyl halides is 2. The van der Waals surface area contributed by atoms with Crippen LogP contribution in [-0.2, 0) is 4.79 Å². The van der Waals surface area contributed by atoms with E-state index in [1.54, 1.807) is 14.0 Å². The normalized spacial score (nSPS) is 23.0. The molecule has 20 heavy (non-hydrogen) atoms. The van der Waals surface area contributed by atoms with Crippen LogP contribution in [0.5, 0.6) is 11.5 Å². The maximum Gasteiger partial charge on any atom is 0.229 e. The van der Waals surface area contributed by atoms with Crippen LogP contribution in [0.2, 0.25) is 0 Å². The molecule has 110 valence electrons. The number of methoxy groups -OCH3 is 1. The van der Waals surface area contributed by atoms with E-state index < -0.39 is 9.75 Å². The number of halogens is 2. The third kappa shape index (κ3) is 2.96. The molecule has 1 saturated carbocycles. The van der Waals surface area contributed by atoms with Crippen LogP contribution in [0.15, 0.2) is 24.3 Å². The highest BCUT2D eigenvalue weighted by molar-refractivity contribution is 6.53. The lowest BCUT2D eigenvalue weighted by Crippen LogP contribution is -2.35. The van der Waals surface area contributed by atoms with Crippen molar-refractivity contribution >= 4 is 29.1 Å². The summed E-state index contributed by atoms with van der Waals surface area (Å²) < 4.78 is 9.78. The summed E-state index contributed by atoms with van der Waals surface area (Å²) >= 11 is 11.9. The molecule has 0 spiro atoms. The zero-order valence-electron chi connectivity index (χ0n) is 11.4. The van der Waals surface area contributed by atoms with E-state index in [2.05, 4.69) is 5.32 Å². The van der Waals surface area contributed by atoms with Crippen molar-refractivity contribution in [1.29, 1.82) is 0 Å². The predicted octanol–water partition coefficient (Wildman–Crippen LogP) is 2.77. The summed E-state index contributed by atoms with van der Waals surface area (Å²) in [7, 11) is 1.58. The van der Waals surface area contributed by atoms with Crippen molar-refractivity contribution in [2.75, 3.05) is 20.3 Å². The highest BCUT2D eigenvalue weighted by Gasteiger charge is 2.67. The SMILES string of the molecule is COc1ccccc1OCCNC(=O)C1(C)CC1(Cl)Cl. The van der Waals surface area contributed by atoms with Gasteiger partial charge in [0, 0.05) is 0 Å². The lowest BCUT2D eigenvalue weighted by molar-refractivity contribution is -0.125. The van der Waals surface area contributed by atoms with Gasteiger partial charge < -0.3 is 14.8 Å². The molecule has 1 aromatic rings. The van der Waals surface area contributed by atoms with Crippen LogP contribution in [-0.4, -0.2) is 30.5 Å². The molecule has 0 saturated heterocycles. The Morgan fingerprint density at radius 1 is 1.35 bits per heavy atom. The number of ether oxygens (including phenoxy) is 2. The number of amides is 1. The number of hydrogen-bond donors (Lipinski definition) is 1. The van der Waals surface area contributed by atoms with Crippen molar-refractivity contribution in [3.05, 3.63) is 24.3 Å². The van der Waals surface area contributed by atoms with Crippen LogP contribution in [0.25, 0.3) is 0 Å². The van der Waals surface area contributed by atoms with Gasteiger partial charge in [-0.3, -0.25) is 4.79 Å². The summed E-state index contributed by atoms with van der Waals surface area (Å²) in [5, 5.41) is 2.77. The smallest absolute Gasteiger partial charge is 0.229 e. The number of rotatable bonds is 6. The van der Waals surface area contributed by atoms with Crippen LogP contribution in [0, 0.1) is 5.41 Å². The molecule has 1 atom stereocenters. The van der Waals surface area contributed by atoms with Crippen molar-refractivity contribution < 1.29 is 14.3 Å². The van der Waals surface area contributed by atoms with Crippen LogP contribution in [0.4, 0.5) is 0 Å². The first-order valence-corrected chi connectivity index (χ1v) is 7.08. The Kier molecular flexibility index (Phi) is 4.35. The van der Waals surface area contributed by atoms with Gasteiger partial charge in [0.1, 0.15) is 10.9 Å². The van der Waals surface area contributed by atoms with E-state index in [0.29, 0.717) is 31.1 Å². The Morgan fingerprint density at radius 2 is 1.95 bits per heavy atom. The zero-order chi connectivity index (χ0) is 14.8. The minimum atomic E-state index is -0.944. The summed E-state index contributed by atoms with van der Waals surface area (Å²) in [5.41, 5.74) is -0.694. The summed E-state index contributed by atoms with van der Waals surface area (Å²) in [6.45, 7) is 2.49. The minimum Gasteiger partial charge on any atom is -0.493 e. The molecule has 1 amide bonds. The Labute approximate surface area is 128 Å². The first-order valence-electron chi connectivity index (χ1n) is 6.33. The number of hydrogen-bond acceptors (Lipinski definition) is 3. The molecule has 0 heterocycles. The predicted molar refractivity (Wildman–Crippen MR) is 78.7 cm³/mol. The second-order valence-corrected chi connectivity index (χ2v) is 6.45. The lowest BCUT2D eigenvalue weighted by Gasteiger charge is -2.14. The summed E-state index contributed by atoms with van der Waals surface area (Å²) in [6, 6.07) is 7.35. The van der Waals surface area contributed by atoms with Gasteiger partial charge >= 0.3 is 0 Å². The molecule has 0 aliphatic heterocycles. The van der Waals surface area contributed by atoms with E-state index in [1.165, 1.54) is 0 Å². The fourth-order valence-electron chi connectivity index (χ4n) is 1.90. The van der Waals surface area contributed by atoms with E-state index in [9.17, 15) is 4.79 Å². The number of para-hydroxylation sites is 2. The second kappa shape index (κ2) is 5.70. The van der Waals surface area contributed by atoms with E-state index >= 15 is 0 Å². The molecule has 2 rings (SSSR count). The minimum absolute atomic E-state index is 0.147. The Hall–Kier alpha value is -1.13. The van der Waals surface area contributed by atoms with Gasteiger partial charge in [-0.2, -0.15) is 0 Å². The standard InChI is InChI=1S/C14H17Cl2NO3/c1-13(9-14(13,15)16)12(18)17-7-8-20-11-6-4-3-5-10(11)19-2/h3-6H,7-9H2,1-2H3,(H,17,18). The molecular weight excluding hydrogens is 301 g/mol. The molecule has 0 radical (unpaired) electrons. The third-order valence-corrected chi connectivity index (χ3v) is 4.57. The van der Waals surface area contributed by atoms with Crippen LogP contribution >= 0.6 is 23.2 Å². The lowest BCUT2D eigenvalue weighted by atomic mass is 10.1. The van der Waals surface area contributed by atoms with E-state index in [0.717, 1.165) is 0 Å². The molecule has 4 nitrogen and oxygen atoms in total. The van der Waals surface area contributed by atoms with Gasteiger partial charge in [-0.25, -0.2) is 0 Å². The highest BCUT2D eigenvalue weighted by Crippen LogP contribution is 2.63. The molecule has 6 heteroatoms. The van der Waals surface area contributed by atoms with Gasteiger partial charge in [-0.05, 0) is 25.5 Å². The van der Waals surface area contributed by atoms with Gasteiger partial charge in [0.05, 0.1) is 19.1 Å². The van der Waals surface area contributed by atoms with E-state index in [1.807, 2.05) is 24.3 Å². The highest BCUT2D eigenvalue weighted by atomic mass is 35.5. The molecule has 1 N–H and O–H groups in total. The Bertz CT molecular complexity index is 507. The Balaban J connectivity index is 1.76. The average molecular weight is 318 g/mol. The van der Waals surface area contributed by atoms with Crippen molar-refractivity contribution in [2.45, 2.75) is 17.7 Å². The van der Waals surface area contributed by atoms with Crippen molar-refractivity contribution in [3.63, 3.8) is 0 Å². The molecule has 1 aliphatic rings. The molecular formula is C14H17Cl2NO3. The van der Waals surface area contributed by atoms with Gasteiger partial charge in [0.15, 0.2) is 11.5 Å². The fourth-order valence-corrected chi connectivity index (χ4v) is 2.61. The zero-order valence-corrected chi connectivity index (χ0v) is 12.9. The summed E-state index contributed by atoms with van der Waals surface area (Å²) in [5.74, 6) is 1.16. The van der Waals surface area contributed by atoms with E-state index in [-0.39, 0.29) is 5.91 Å². The van der Waals surface area contributed by atoms with Crippen molar-refractivity contribution in [1.82, 2.24) is 5.32 Å². The molecule has 1 fully saturated rings. The van der Waals surface area contributed by atoms with Crippen molar-refractivity contribution in [2.24, 2.45) is 5.41 Å². The Morgan fingerprint density at radius 3 is 2.50 bits per heavy atom. The molecule has 1 aliphatic carbocycles. The van der Waals surface area contributed by atoms with Gasteiger partial charge in [-0.15, -0.1) is 23.2 Å². The number of carbonyl (C=O) groups excluding carboxylic acids is 1. The van der Waals surface area contributed by atoms with Gasteiger partial charge in [-0.1, -0.05) is 12.1 Å². The molecule has 0 aromatic heterocycles. The van der Waals surface area contributed by atoms with Crippen LogP contribution in [0.1, 0.15) is 13.3 Å².